The summed E-state index contributed by atoms with van der Waals surface area (Å²) in [5, 5.41) is 0. The summed E-state index contributed by atoms with van der Waals surface area (Å²) in [7, 11) is 0. The summed E-state index contributed by atoms with van der Waals surface area (Å²) in [6.45, 7) is 0. The van der Waals surface area contributed by atoms with Gasteiger partial charge in [-0.25, -0.2) is 0 Å². The summed E-state index contributed by atoms with van der Waals surface area (Å²) in [5.41, 5.74) is 11.2. The molecule has 0 atom stereocenters. The first-order chi connectivity index (χ1) is 8.90. The van der Waals surface area contributed by atoms with E-state index in [9.17, 15) is 0 Å². The molecule has 0 aliphatic heterocycles. The second-order valence-electron chi connectivity index (χ2n) is 5.28. The topological polar surface area (TPSA) is 31.6 Å². The Bertz CT molecular complexity index is 721. The van der Waals surface area contributed by atoms with Gasteiger partial charge in [0.15, 0.2) is 0 Å². The van der Waals surface area contributed by atoms with Crippen LogP contribution in [0, 0.1) is 0 Å². The third-order valence-electron chi connectivity index (χ3n) is 4.30. The normalized spacial score (nSPS) is 14.2. The number of hydrogen-bond acceptors (Lipinski definition) is 0. The van der Waals surface area contributed by atoms with Crippen LogP contribution in [0.5, 0.6) is 0 Å². The molecule has 0 unspecified atom stereocenters. The summed E-state index contributed by atoms with van der Waals surface area (Å²) in [4.78, 5) is 6.74. The van der Waals surface area contributed by atoms with E-state index in [1.807, 2.05) is 12.4 Å². The van der Waals surface area contributed by atoms with Crippen LogP contribution >= 0.6 is 0 Å². The maximum absolute atomic E-state index is 3.37. The van der Waals surface area contributed by atoms with E-state index < -0.39 is 0 Å². The Hall–Kier alpha value is -2.22. The van der Waals surface area contributed by atoms with E-state index in [1.165, 1.54) is 44.8 Å². The summed E-state index contributed by atoms with van der Waals surface area (Å²) >= 11 is 0. The van der Waals surface area contributed by atoms with Crippen molar-refractivity contribution in [2.75, 3.05) is 0 Å². The Labute approximate surface area is 105 Å². The summed E-state index contributed by atoms with van der Waals surface area (Å²) in [6, 6.07) is 9.14. The molecule has 0 fully saturated rings. The molecular formula is C16H12N2. The van der Waals surface area contributed by atoms with Gasteiger partial charge < -0.3 is 9.97 Å². The van der Waals surface area contributed by atoms with Crippen LogP contribution < -0.4 is 0 Å². The first kappa shape index (κ1) is 8.81. The fourth-order valence-corrected chi connectivity index (χ4v) is 3.46. The highest BCUT2D eigenvalue weighted by molar-refractivity contribution is 5.83. The van der Waals surface area contributed by atoms with Crippen LogP contribution in [0.3, 0.4) is 0 Å². The highest BCUT2D eigenvalue weighted by Crippen LogP contribution is 2.43. The summed E-state index contributed by atoms with van der Waals surface area (Å²) < 4.78 is 0. The van der Waals surface area contributed by atoms with Crippen molar-refractivity contribution in [1.82, 2.24) is 9.97 Å². The molecule has 0 saturated heterocycles. The van der Waals surface area contributed by atoms with Crippen molar-refractivity contribution in [3.8, 4) is 22.5 Å². The van der Waals surface area contributed by atoms with Gasteiger partial charge in [0, 0.05) is 47.8 Å². The van der Waals surface area contributed by atoms with Gasteiger partial charge in [-0.2, -0.15) is 0 Å². The first-order valence-corrected chi connectivity index (χ1v) is 6.39. The lowest BCUT2D eigenvalue weighted by Gasteiger charge is -2.05. The van der Waals surface area contributed by atoms with Gasteiger partial charge in [0.2, 0.25) is 0 Å². The number of rotatable bonds is 0. The number of aromatic nitrogens is 2. The molecule has 2 heteroatoms. The fraction of sp³-hybridized carbons (Fsp3) is 0.125. The van der Waals surface area contributed by atoms with Gasteiger partial charge in [-0.05, 0) is 46.5 Å². The molecule has 5 rings (SSSR count). The predicted molar refractivity (Wildman–Crippen MR) is 71.6 cm³/mol. The molecule has 0 radical (unpaired) electrons. The zero-order chi connectivity index (χ0) is 11.7. The Morgan fingerprint density at radius 2 is 1.17 bits per heavy atom. The number of H-pyrrole nitrogens is 2. The third kappa shape index (κ3) is 0.908. The van der Waals surface area contributed by atoms with E-state index in [4.69, 9.17) is 0 Å². The van der Waals surface area contributed by atoms with Crippen LogP contribution in [-0.4, -0.2) is 9.97 Å². The van der Waals surface area contributed by atoms with Gasteiger partial charge in [0.05, 0.1) is 0 Å². The quantitative estimate of drug-likeness (QED) is 0.409. The second-order valence-corrected chi connectivity index (χ2v) is 5.28. The zero-order valence-electron chi connectivity index (χ0n) is 9.88. The molecule has 0 saturated carbocycles. The van der Waals surface area contributed by atoms with Crippen LogP contribution in [0.1, 0.15) is 22.3 Å². The minimum absolute atomic E-state index is 1.07. The van der Waals surface area contributed by atoms with Crippen LogP contribution in [0.15, 0.2) is 36.7 Å². The van der Waals surface area contributed by atoms with E-state index in [0.717, 1.165) is 12.8 Å². The van der Waals surface area contributed by atoms with Gasteiger partial charge in [-0.15, -0.1) is 0 Å². The molecule has 2 heterocycles. The van der Waals surface area contributed by atoms with Crippen molar-refractivity contribution in [2.24, 2.45) is 0 Å². The Morgan fingerprint density at radius 3 is 1.67 bits per heavy atom. The average molecular weight is 232 g/mol. The summed E-state index contributed by atoms with van der Waals surface area (Å²) in [6.07, 6.45) is 6.22. The number of benzene rings is 1. The molecule has 86 valence electrons. The molecule has 0 amide bonds. The Morgan fingerprint density at radius 1 is 0.667 bits per heavy atom. The Balaban J connectivity index is 1.80. The van der Waals surface area contributed by atoms with Crippen molar-refractivity contribution in [3.05, 3.63) is 58.9 Å². The predicted octanol–water partition coefficient (Wildman–Crippen LogP) is 3.49. The number of hydrogen-bond donors (Lipinski definition) is 2. The maximum Gasteiger partial charge on any atom is 0.0492 e. The molecule has 2 aliphatic carbocycles. The molecule has 18 heavy (non-hydrogen) atoms. The molecular weight excluding hydrogens is 220 g/mol. The van der Waals surface area contributed by atoms with Crippen molar-refractivity contribution in [3.63, 3.8) is 0 Å². The lowest BCUT2D eigenvalue weighted by Crippen LogP contribution is -1.87. The monoisotopic (exact) mass is 232 g/mol. The summed E-state index contributed by atoms with van der Waals surface area (Å²) in [5.74, 6) is 0. The van der Waals surface area contributed by atoms with E-state index in [2.05, 4.69) is 34.2 Å². The molecule has 2 N–H and O–H groups in total. The maximum atomic E-state index is 3.37. The van der Waals surface area contributed by atoms with Crippen molar-refractivity contribution >= 4 is 0 Å². The average Bonchev–Trinajstić information content (AvgIpc) is 3.04. The first-order valence-electron chi connectivity index (χ1n) is 6.39. The van der Waals surface area contributed by atoms with Crippen LogP contribution in [0.25, 0.3) is 22.5 Å². The third-order valence-corrected chi connectivity index (χ3v) is 4.30. The molecule has 2 aromatic heterocycles. The highest BCUT2D eigenvalue weighted by atomic mass is 14.7. The van der Waals surface area contributed by atoms with E-state index >= 15 is 0 Å². The van der Waals surface area contributed by atoms with Crippen molar-refractivity contribution < 1.29 is 0 Å². The van der Waals surface area contributed by atoms with Gasteiger partial charge in [0.1, 0.15) is 0 Å². The lowest BCUT2D eigenvalue weighted by molar-refractivity contribution is 1.24. The van der Waals surface area contributed by atoms with E-state index in [1.54, 1.807) is 0 Å². The SMILES string of the molecule is c1cc2c([nH]1)-c1cc3c(cc1C2)-c1[nH]ccc1C3. The molecule has 0 spiro atoms. The molecule has 3 aromatic rings. The van der Waals surface area contributed by atoms with Gasteiger partial charge in [0.25, 0.3) is 0 Å². The van der Waals surface area contributed by atoms with Gasteiger partial charge in [-0.3, -0.25) is 0 Å². The van der Waals surface area contributed by atoms with Crippen molar-refractivity contribution in [1.29, 1.82) is 0 Å². The highest BCUT2D eigenvalue weighted by Gasteiger charge is 2.26. The number of fused-ring (bicyclic) bond motifs is 6. The van der Waals surface area contributed by atoms with Crippen molar-refractivity contribution in [2.45, 2.75) is 12.8 Å². The fourth-order valence-electron chi connectivity index (χ4n) is 3.46. The zero-order valence-corrected chi connectivity index (χ0v) is 9.88. The minimum atomic E-state index is 1.07. The minimum Gasteiger partial charge on any atom is -0.361 e. The van der Waals surface area contributed by atoms with E-state index in [-0.39, 0.29) is 0 Å². The van der Waals surface area contributed by atoms with Crippen LogP contribution in [0.2, 0.25) is 0 Å². The van der Waals surface area contributed by atoms with Gasteiger partial charge in [-0.1, -0.05) is 0 Å². The second kappa shape index (κ2) is 2.78. The molecule has 0 bridgehead atoms. The smallest absolute Gasteiger partial charge is 0.0492 e. The van der Waals surface area contributed by atoms with Crippen LogP contribution in [0.4, 0.5) is 0 Å². The number of nitrogens with one attached hydrogen (secondary N) is 2. The Kier molecular flexibility index (Phi) is 1.36. The molecule has 2 nitrogen and oxygen atoms in total. The largest absolute Gasteiger partial charge is 0.361 e. The van der Waals surface area contributed by atoms with E-state index in [0.29, 0.717) is 0 Å². The standard InChI is InChI=1S/C16H12N2/c1-3-17-15-9(1)5-11-7-14-12(8-13(11)15)6-10-2-4-18-16(10)14/h1-4,7-8,17-18H,5-6H2. The molecule has 1 aromatic carbocycles. The van der Waals surface area contributed by atoms with Gasteiger partial charge >= 0.3 is 0 Å². The lowest BCUT2D eigenvalue weighted by atomic mass is 10.0. The van der Waals surface area contributed by atoms with Crippen LogP contribution in [-0.2, 0) is 12.8 Å². The molecule has 2 aliphatic rings. The number of aromatic amines is 2.